The molecule has 0 aromatic carbocycles. The molecule has 2 saturated heterocycles. The van der Waals surface area contributed by atoms with Crippen molar-refractivity contribution in [3.8, 4) is 0 Å². The van der Waals surface area contributed by atoms with Crippen molar-refractivity contribution in [2.24, 2.45) is 0 Å². The van der Waals surface area contributed by atoms with Crippen molar-refractivity contribution in [1.29, 1.82) is 0 Å². The maximum atomic E-state index is 9.84. The molecule has 0 saturated carbocycles. The second-order valence-corrected chi connectivity index (χ2v) is 5.53. The summed E-state index contributed by atoms with van der Waals surface area (Å²) in [4.78, 5) is 0. The van der Waals surface area contributed by atoms with Gasteiger partial charge in [0.25, 0.3) is 0 Å². The van der Waals surface area contributed by atoms with Gasteiger partial charge in [0.1, 0.15) is 48.8 Å². The molecule has 2 aliphatic heterocycles. The molecule has 0 aromatic rings. The number of rotatable bonds is 4. The second-order valence-electron chi connectivity index (χ2n) is 5.53. The predicted octanol–water partition coefficient (Wildman–Crippen LogP) is -5.40. The van der Waals surface area contributed by atoms with Gasteiger partial charge in [-0.1, -0.05) is 0 Å². The first-order valence-electron chi connectivity index (χ1n) is 7.08. The standard InChI is InChI=1S/C12H22O11/c13-1-3-5(15)7(17)9(19)11(21-3)23-12-10(20)8(18)6(16)4(2-14)22-12/h3-20H,1-2H2/t3?,4?,5-,6-,7+,8?,9?,10?,11-,12-/m1/s1. The van der Waals surface area contributed by atoms with Crippen molar-refractivity contribution in [3.63, 3.8) is 0 Å². The number of ether oxygens (including phenoxy) is 3. The smallest absolute Gasteiger partial charge is 0.189 e. The molecule has 136 valence electrons. The Morgan fingerprint density at radius 2 is 0.913 bits per heavy atom. The summed E-state index contributed by atoms with van der Waals surface area (Å²) >= 11 is 0. The molecule has 11 nitrogen and oxygen atoms in total. The lowest BCUT2D eigenvalue weighted by Crippen LogP contribution is -2.63. The lowest BCUT2D eigenvalue weighted by Gasteiger charge is -2.44. The van der Waals surface area contributed by atoms with Crippen LogP contribution in [0.25, 0.3) is 0 Å². The molecule has 0 aromatic heterocycles. The summed E-state index contributed by atoms with van der Waals surface area (Å²) in [6, 6.07) is 0. The van der Waals surface area contributed by atoms with E-state index in [-0.39, 0.29) is 0 Å². The van der Waals surface area contributed by atoms with Crippen molar-refractivity contribution < 1.29 is 55.1 Å². The highest BCUT2D eigenvalue weighted by Gasteiger charge is 2.49. The molecule has 11 heteroatoms. The molecule has 0 radical (unpaired) electrons. The Morgan fingerprint density at radius 3 is 1.22 bits per heavy atom. The van der Waals surface area contributed by atoms with Crippen molar-refractivity contribution >= 4 is 0 Å². The van der Waals surface area contributed by atoms with Crippen LogP contribution in [-0.2, 0) is 14.2 Å². The third-order valence-corrected chi connectivity index (χ3v) is 3.97. The summed E-state index contributed by atoms with van der Waals surface area (Å²) < 4.78 is 15.3. The van der Waals surface area contributed by atoms with Crippen molar-refractivity contribution in [2.75, 3.05) is 13.2 Å². The van der Waals surface area contributed by atoms with E-state index in [1.54, 1.807) is 0 Å². The van der Waals surface area contributed by atoms with Gasteiger partial charge >= 0.3 is 0 Å². The maximum absolute atomic E-state index is 9.84. The molecule has 0 bridgehead atoms. The molecule has 23 heavy (non-hydrogen) atoms. The minimum absolute atomic E-state index is 0.667. The largest absolute Gasteiger partial charge is 0.394 e. The Bertz CT molecular complexity index is 344. The number of aliphatic hydroxyl groups is 8. The van der Waals surface area contributed by atoms with Crippen LogP contribution in [0.1, 0.15) is 0 Å². The van der Waals surface area contributed by atoms with Gasteiger partial charge in [-0.05, 0) is 0 Å². The summed E-state index contributed by atoms with van der Waals surface area (Å²) in [5.41, 5.74) is 0. The van der Waals surface area contributed by atoms with E-state index in [0.717, 1.165) is 0 Å². The molecular weight excluding hydrogens is 320 g/mol. The van der Waals surface area contributed by atoms with Crippen molar-refractivity contribution in [1.82, 2.24) is 0 Å². The number of hydrogen-bond donors (Lipinski definition) is 8. The predicted molar refractivity (Wildman–Crippen MR) is 68.6 cm³/mol. The Balaban J connectivity index is 2.07. The van der Waals surface area contributed by atoms with Crippen LogP contribution in [0.4, 0.5) is 0 Å². The van der Waals surface area contributed by atoms with Gasteiger partial charge in [0.2, 0.25) is 0 Å². The highest BCUT2D eigenvalue weighted by atomic mass is 16.8. The van der Waals surface area contributed by atoms with Gasteiger partial charge < -0.3 is 55.1 Å². The molecule has 2 fully saturated rings. The lowest BCUT2D eigenvalue weighted by molar-refractivity contribution is -0.376. The Labute approximate surface area is 130 Å². The Hall–Kier alpha value is -0.440. The van der Waals surface area contributed by atoms with Crippen LogP contribution in [0.5, 0.6) is 0 Å². The number of aliphatic hydroxyl groups excluding tert-OH is 8. The van der Waals surface area contributed by atoms with Crippen LogP contribution in [-0.4, -0.2) is 115 Å². The second kappa shape index (κ2) is 7.63. The highest BCUT2D eigenvalue weighted by molar-refractivity contribution is 4.92. The van der Waals surface area contributed by atoms with Crippen LogP contribution in [0.15, 0.2) is 0 Å². The van der Waals surface area contributed by atoms with Crippen molar-refractivity contribution in [2.45, 2.75) is 61.4 Å². The van der Waals surface area contributed by atoms with Gasteiger partial charge in [-0.25, -0.2) is 0 Å². The van der Waals surface area contributed by atoms with E-state index in [9.17, 15) is 30.6 Å². The normalized spacial score (nSPS) is 51.7. The average molecular weight is 342 g/mol. The first kappa shape index (κ1) is 18.9. The van der Waals surface area contributed by atoms with Gasteiger partial charge in [-0.2, -0.15) is 0 Å². The van der Waals surface area contributed by atoms with Gasteiger partial charge in [-0.15, -0.1) is 0 Å². The average Bonchev–Trinajstić information content (AvgIpc) is 2.55. The molecule has 2 heterocycles. The molecule has 0 spiro atoms. The van der Waals surface area contributed by atoms with E-state index < -0.39 is 74.6 Å². The van der Waals surface area contributed by atoms with Gasteiger partial charge in [0.15, 0.2) is 12.6 Å². The lowest BCUT2D eigenvalue weighted by atomic mass is 9.98. The molecule has 0 amide bonds. The van der Waals surface area contributed by atoms with Crippen LogP contribution >= 0.6 is 0 Å². The van der Waals surface area contributed by atoms with E-state index in [1.807, 2.05) is 0 Å². The van der Waals surface area contributed by atoms with Gasteiger partial charge in [0.05, 0.1) is 13.2 Å². The third-order valence-electron chi connectivity index (χ3n) is 3.97. The fraction of sp³-hybridized carbons (Fsp3) is 1.00. The quantitative estimate of drug-likeness (QED) is 0.243. The zero-order valence-electron chi connectivity index (χ0n) is 12.0. The maximum Gasteiger partial charge on any atom is 0.189 e. The van der Waals surface area contributed by atoms with E-state index >= 15 is 0 Å². The minimum Gasteiger partial charge on any atom is -0.394 e. The molecule has 0 aliphatic carbocycles. The van der Waals surface area contributed by atoms with Gasteiger partial charge in [0, 0.05) is 0 Å². The topological polar surface area (TPSA) is 190 Å². The summed E-state index contributed by atoms with van der Waals surface area (Å²) in [5, 5.41) is 76.4. The van der Waals surface area contributed by atoms with Gasteiger partial charge in [-0.3, -0.25) is 0 Å². The summed E-state index contributed by atoms with van der Waals surface area (Å²) in [6.45, 7) is -1.33. The van der Waals surface area contributed by atoms with E-state index in [4.69, 9.17) is 24.4 Å². The molecule has 10 atom stereocenters. The highest BCUT2D eigenvalue weighted by Crippen LogP contribution is 2.27. The monoisotopic (exact) mass is 342 g/mol. The fourth-order valence-electron chi connectivity index (χ4n) is 2.49. The first-order chi connectivity index (χ1) is 10.8. The minimum atomic E-state index is -1.72. The molecule has 2 aliphatic rings. The van der Waals surface area contributed by atoms with Crippen molar-refractivity contribution in [3.05, 3.63) is 0 Å². The van der Waals surface area contributed by atoms with E-state index in [0.29, 0.717) is 0 Å². The zero-order valence-corrected chi connectivity index (χ0v) is 12.0. The Morgan fingerprint density at radius 1 is 0.565 bits per heavy atom. The fourth-order valence-corrected chi connectivity index (χ4v) is 2.49. The molecule has 8 N–H and O–H groups in total. The summed E-state index contributed by atoms with van der Waals surface area (Å²) in [7, 11) is 0. The molecular formula is C12H22O11. The third kappa shape index (κ3) is 3.65. The zero-order chi connectivity index (χ0) is 17.3. The summed E-state index contributed by atoms with van der Waals surface area (Å²) in [5.74, 6) is 0. The summed E-state index contributed by atoms with van der Waals surface area (Å²) in [6.07, 6.45) is -15.6. The Kier molecular flexibility index (Phi) is 6.27. The molecule has 2 rings (SSSR count). The van der Waals surface area contributed by atoms with Crippen LogP contribution in [0, 0.1) is 0 Å². The van der Waals surface area contributed by atoms with Crippen LogP contribution < -0.4 is 0 Å². The molecule has 5 unspecified atom stereocenters. The van der Waals surface area contributed by atoms with E-state index in [1.165, 1.54) is 0 Å². The SMILES string of the molecule is OCC1O[C@H](O[C@H]2OC(CO)[C@@H](O)[C@H](O)C2O)C(O)C(O)[C@@H]1O. The first-order valence-corrected chi connectivity index (χ1v) is 7.08. The van der Waals surface area contributed by atoms with E-state index in [2.05, 4.69) is 0 Å². The van der Waals surface area contributed by atoms with Crippen LogP contribution in [0.2, 0.25) is 0 Å². The number of hydrogen-bond acceptors (Lipinski definition) is 11. The van der Waals surface area contributed by atoms with Crippen LogP contribution in [0.3, 0.4) is 0 Å².